The Morgan fingerprint density at radius 1 is 0.318 bits per heavy atom. The van der Waals surface area contributed by atoms with Gasteiger partial charge in [-0.25, -0.2) is 0 Å². The summed E-state index contributed by atoms with van der Waals surface area (Å²) < 4.78 is 0. The molecule has 0 bridgehead atoms. The normalized spacial score (nSPS) is 4.91. The van der Waals surface area contributed by atoms with Gasteiger partial charge in [0.25, 0.3) is 0 Å². The molecule has 0 atom stereocenters. The van der Waals surface area contributed by atoms with Gasteiger partial charge in [0.1, 0.15) is 0 Å². The van der Waals surface area contributed by atoms with E-state index in [2.05, 4.69) is 0 Å². The summed E-state index contributed by atoms with van der Waals surface area (Å²) in [7, 11) is -8.67. The Hall–Kier alpha value is 0.177. The van der Waals surface area contributed by atoms with Crippen LogP contribution in [-0.4, -0.2) is 117 Å². The van der Waals surface area contributed by atoms with Gasteiger partial charge in [0, 0.05) is 0 Å². The summed E-state index contributed by atoms with van der Waals surface area (Å²) in [5.41, 5.74) is 0. The summed E-state index contributed by atoms with van der Waals surface area (Å²) in [6.45, 7) is 0. The number of hydrogen-bond acceptors (Lipinski definition) is 12. The van der Waals surface area contributed by atoms with E-state index in [0.717, 1.165) is 0 Å². The van der Waals surface area contributed by atoms with E-state index in [1.807, 2.05) is 0 Å². The van der Waals surface area contributed by atoms with E-state index in [1.165, 1.54) is 0 Å². The average Bonchev–Trinajstić information content (AvgIpc) is 1.76. The number of rotatable bonds is 0. The second kappa shape index (κ2) is 58.1. The molecule has 0 heterocycles. The second-order valence-corrected chi connectivity index (χ2v) is 1.39. The molecule has 0 aromatic heterocycles. The molecule has 0 fully saturated rings. The van der Waals surface area contributed by atoms with Gasteiger partial charge in [-0.15, -0.1) is 0 Å². The quantitative estimate of drug-likeness (QED) is 0.182. The molecule has 0 saturated carbocycles. The fourth-order valence-electron chi connectivity index (χ4n) is 0. The first-order valence-corrected chi connectivity index (χ1v) is 3.10. The van der Waals surface area contributed by atoms with Crippen molar-refractivity contribution in [2.45, 2.75) is 0 Å². The molecule has 0 aliphatic rings. The maximum atomic E-state index is 7.17. The van der Waals surface area contributed by atoms with Crippen molar-refractivity contribution < 1.29 is 108 Å². The largest absolute Gasteiger partial charge is 1.00 e. The van der Waals surface area contributed by atoms with Crippen LogP contribution in [0.3, 0.4) is 0 Å². The van der Waals surface area contributed by atoms with E-state index < -0.39 is 29.3 Å². The van der Waals surface area contributed by atoms with Crippen molar-refractivity contribution >= 4 is 29.3 Å². The third kappa shape index (κ3) is 236000. The van der Waals surface area contributed by atoms with Gasteiger partial charge in [0.2, 0.25) is 0 Å². The van der Waals surface area contributed by atoms with Crippen molar-refractivity contribution in [1.82, 2.24) is 0 Å². The Bertz CT molecular complexity index is 69.6. The van der Waals surface area contributed by atoms with Crippen LogP contribution < -0.4 is 18.9 Å². The van der Waals surface area contributed by atoms with E-state index in [4.69, 9.17) is 60.3 Å². The van der Waals surface area contributed by atoms with Crippen molar-refractivity contribution in [2.75, 3.05) is 0 Å². The van der Waals surface area contributed by atoms with E-state index in [-0.39, 0.29) is 47.7 Å². The van der Waals surface area contributed by atoms with Gasteiger partial charge >= 0.3 is 48.1 Å². The van der Waals surface area contributed by atoms with Crippen molar-refractivity contribution in [3.63, 3.8) is 0 Å². The third-order valence-corrected chi connectivity index (χ3v) is 0. The maximum absolute atomic E-state index is 7.17. The molecule has 17 nitrogen and oxygen atoms in total. The van der Waals surface area contributed by atoms with Gasteiger partial charge in [-0.3, -0.25) is 0 Å². The smallest absolute Gasteiger partial charge is 1.00 e. The van der Waals surface area contributed by atoms with Gasteiger partial charge in [-0.2, -0.15) is 0 Å². The van der Waals surface area contributed by atoms with Crippen LogP contribution in [0.4, 0.5) is 0 Å². The van der Waals surface area contributed by atoms with E-state index >= 15 is 0 Å². The summed E-state index contributed by atoms with van der Waals surface area (Å²) in [6.07, 6.45) is 0. The van der Waals surface area contributed by atoms with Crippen LogP contribution in [0.5, 0.6) is 0 Å². The Morgan fingerprint density at radius 3 is 0.318 bits per heavy atom. The first-order valence-electron chi connectivity index (χ1n) is 3.10. The van der Waals surface area contributed by atoms with Gasteiger partial charge in [0.05, 0.1) is 0 Å². The minimum Gasteiger partial charge on any atom is -1.00 e. The molecule has 0 unspecified atom stereocenters. The molecule has 0 amide bonds. The van der Waals surface area contributed by atoms with Gasteiger partial charge in [-0.1, -0.05) is 0 Å². The topological polar surface area (TPSA) is 400 Å². The monoisotopic (exact) mass is 346 g/mol. The molecule has 0 aromatic carbocycles. The average molecular weight is 345 g/mol. The zero-order valence-electron chi connectivity index (χ0n) is 12.2. The first-order chi connectivity index (χ1) is 6.93. The number of hydrogen-bond donors (Lipinski definition) is 12. The van der Waals surface area contributed by atoms with E-state index in [1.54, 1.807) is 0 Å². The molecule has 0 aliphatic carbocycles. The molecule has 22 heavy (non-hydrogen) atoms. The molecular weight excluding hydrogens is 322 g/mol. The molecule has 0 aromatic rings. The summed E-state index contributed by atoms with van der Waals surface area (Å²) >= 11 is 0. The standard InChI is InChI=1S/4BH3O3.Li.5H2O.H/c4*2-1(3)4;;;;;;;/h4*2-4H;;5*1H2;/q;;;;+1;;;;;;-1. The van der Waals surface area contributed by atoms with E-state index in [0.29, 0.717) is 0 Å². The zero-order chi connectivity index (χ0) is 14.3. The van der Waals surface area contributed by atoms with Gasteiger partial charge in [-0.05, 0) is 0 Å². The Balaban J connectivity index is -0.00000000842. The summed E-state index contributed by atoms with van der Waals surface area (Å²) in [4.78, 5) is 0. The van der Waals surface area contributed by atoms with Crippen LogP contribution >= 0.6 is 0 Å². The molecule has 138 valence electrons. The minimum atomic E-state index is -2.17. The molecule has 0 spiro atoms. The molecule has 22 N–H and O–H groups in total. The Kier molecular flexibility index (Phi) is 177. The fraction of sp³-hybridized carbons (Fsp3) is 0. The minimum absolute atomic E-state index is 0. The van der Waals surface area contributed by atoms with E-state index in [9.17, 15) is 0 Å². The molecular formula is H23B4LiO17. The molecule has 0 rings (SSSR count). The summed E-state index contributed by atoms with van der Waals surface area (Å²) in [6, 6.07) is 0. The summed E-state index contributed by atoms with van der Waals surface area (Å²) in [5.74, 6) is 0. The third-order valence-electron chi connectivity index (χ3n) is 0. The van der Waals surface area contributed by atoms with Crippen LogP contribution in [-0.2, 0) is 0 Å². The van der Waals surface area contributed by atoms with Crippen molar-refractivity contribution in [3.8, 4) is 0 Å². The zero-order valence-corrected chi connectivity index (χ0v) is 11.2. The predicted octanol–water partition coefficient (Wildman–Crippen LogP) is -15.2. The Labute approximate surface area is 138 Å². The van der Waals surface area contributed by atoms with Crippen molar-refractivity contribution in [1.29, 1.82) is 0 Å². The van der Waals surface area contributed by atoms with Crippen molar-refractivity contribution in [3.05, 3.63) is 0 Å². The van der Waals surface area contributed by atoms with Crippen LogP contribution in [0.15, 0.2) is 0 Å². The molecule has 0 saturated heterocycles. The van der Waals surface area contributed by atoms with Crippen LogP contribution in [0.25, 0.3) is 0 Å². The molecule has 0 aliphatic heterocycles. The summed E-state index contributed by atoms with van der Waals surface area (Å²) in [5, 5.41) is 86.0. The van der Waals surface area contributed by atoms with Crippen LogP contribution in [0.1, 0.15) is 1.43 Å². The van der Waals surface area contributed by atoms with Gasteiger partial charge in [0.15, 0.2) is 0 Å². The van der Waals surface area contributed by atoms with Crippen LogP contribution in [0, 0.1) is 0 Å². The SMILES string of the molecule is O.O.O.O.O.OB(O)O.OB(O)O.OB(O)O.OB(O)O.[H-].[Li+]. The van der Waals surface area contributed by atoms with Crippen molar-refractivity contribution in [2.24, 2.45) is 0 Å². The predicted molar refractivity (Wildman–Crippen MR) is 68.8 cm³/mol. The molecule has 0 radical (unpaired) electrons. The fourth-order valence-corrected chi connectivity index (χ4v) is 0. The second-order valence-electron chi connectivity index (χ2n) is 1.39. The van der Waals surface area contributed by atoms with Crippen LogP contribution in [0.2, 0.25) is 0 Å². The Morgan fingerprint density at radius 2 is 0.318 bits per heavy atom. The molecule has 22 heteroatoms. The first kappa shape index (κ1) is 67.1. The van der Waals surface area contributed by atoms with Gasteiger partial charge < -0.3 is 89.1 Å². The maximum Gasteiger partial charge on any atom is 1.00 e.